The van der Waals surface area contributed by atoms with Crippen molar-refractivity contribution in [2.24, 2.45) is 0 Å². The van der Waals surface area contributed by atoms with Gasteiger partial charge in [-0.25, -0.2) is 4.79 Å². The molecule has 5 heteroatoms. The zero-order valence-corrected chi connectivity index (χ0v) is 12.8. The first kappa shape index (κ1) is 14.0. The van der Waals surface area contributed by atoms with E-state index in [4.69, 9.17) is 4.74 Å². The average Bonchev–Trinajstić information content (AvgIpc) is 2.54. The second-order valence-electron chi connectivity index (χ2n) is 6.50. The van der Waals surface area contributed by atoms with E-state index in [0.29, 0.717) is 12.0 Å². The molecule has 3 heterocycles. The molecule has 22 heavy (non-hydrogen) atoms. The number of rotatable bonds is 1. The Labute approximate surface area is 131 Å². The molecule has 1 aromatic rings. The van der Waals surface area contributed by atoms with Crippen LogP contribution in [0.25, 0.3) is 0 Å². The van der Waals surface area contributed by atoms with Crippen molar-refractivity contribution in [1.82, 2.24) is 15.1 Å². The normalized spacial score (nSPS) is 28.9. The molecule has 0 unspecified atom stereocenters. The fourth-order valence-corrected chi connectivity index (χ4v) is 3.73. The summed E-state index contributed by atoms with van der Waals surface area (Å²) in [6, 6.07) is 11.0. The molecule has 3 saturated heterocycles. The third-order valence-corrected chi connectivity index (χ3v) is 5.08. The van der Waals surface area contributed by atoms with Crippen molar-refractivity contribution in [1.29, 1.82) is 0 Å². The van der Waals surface area contributed by atoms with Gasteiger partial charge in [0.1, 0.15) is 0 Å². The lowest BCUT2D eigenvalue weighted by atomic mass is 9.91. The number of urea groups is 1. The number of fused-ring (bicyclic) bond motifs is 1. The molecule has 3 aliphatic heterocycles. The van der Waals surface area contributed by atoms with Crippen LogP contribution < -0.4 is 5.32 Å². The summed E-state index contributed by atoms with van der Waals surface area (Å²) in [5.41, 5.74) is 1.34. The van der Waals surface area contributed by atoms with Gasteiger partial charge in [-0.15, -0.1) is 0 Å². The van der Waals surface area contributed by atoms with Gasteiger partial charge in [-0.2, -0.15) is 0 Å². The maximum Gasteiger partial charge on any atom is 0.320 e. The van der Waals surface area contributed by atoms with Gasteiger partial charge in [0.2, 0.25) is 0 Å². The molecule has 3 fully saturated rings. The standard InChI is InChI=1S/C17H23N3O2/c21-17(19-8-6-16-15(12-19)18-7-9-22-16)20-10-14(11-20)13-4-2-1-3-5-13/h1-5,14-16,18H,6-12H2/t15-,16+/m1/s1. The van der Waals surface area contributed by atoms with Crippen LogP contribution in [0.15, 0.2) is 30.3 Å². The summed E-state index contributed by atoms with van der Waals surface area (Å²) in [6.07, 6.45) is 1.23. The van der Waals surface area contributed by atoms with Crippen molar-refractivity contribution in [2.45, 2.75) is 24.5 Å². The van der Waals surface area contributed by atoms with Crippen molar-refractivity contribution in [3.05, 3.63) is 35.9 Å². The van der Waals surface area contributed by atoms with Crippen LogP contribution >= 0.6 is 0 Å². The number of carbonyl (C=O) groups excluding carboxylic acids is 1. The molecular weight excluding hydrogens is 278 g/mol. The lowest BCUT2D eigenvalue weighted by Crippen LogP contribution is -2.62. The second-order valence-corrected chi connectivity index (χ2v) is 6.50. The third-order valence-electron chi connectivity index (χ3n) is 5.08. The van der Waals surface area contributed by atoms with Gasteiger partial charge in [0, 0.05) is 38.6 Å². The van der Waals surface area contributed by atoms with Crippen LogP contribution in [0.3, 0.4) is 0 Å². The van der Waals surface area contributed by atoms with Crippen molar-refractivity contribution in [3.8, 4) is 0 Å². The van der Waals surface area contributed by atoms with Gasteiger partial charge < -0.3 is 19.9 Å². The molecular formula is C17H23N3O2. The number of nitrogens with zero attached hydrogens (tertiary/aromatic N) is 2. The van der Waals surface area contributed by atoms with Gasteiger partial charge in [-0.3, -0.25) is 0 Å². The predicted octanol–water partition coefficient (Wildman–Crippen LogP) is 1.27. The number of morpholine rings is 1. The van der Waals surface area contributed by atoms with E-state index >= 15 is 0 Å². The first-order valence-corrected chi connectivity index (χ1v) is 8.25. The Morgan fingerprint density at radius 3 is 2.77 bits per heavy atom. The minimum Gasteiger partial charge on any atom is -0.375 e. The highest BCUT2D eigenvalue weighted by Crippen LogP contribution is 2.28. The van der Waals surface area contributed by atoms with Crippen LogP contribution in [-0.4, -0.2) is 67.3 Å². The molecule has 4 rings (SSSR count). The quantitative estimate of drug-likeness (QED) is 0.849. The zero-order valence-electron chi connectivity index (χ0n) is 12.8. The van der Waals surface area contributed by atoms with E-state index in [-0.39, 0.29) is 12.1 Å². The molecule has 5 nitrogen and oxygen atoms in total. The fraction of sp³-hybridized carbons (Fsp3) is 0.588. The first-order valence-electron chi connectivity index (χ1n) is 8.25. The van der Waals surface area contributed by atoms with Crippen LogP contribution in [-0.2, 0) is 4.74 Å². The van der Waals surface area contributed by atoms with Gasteiger partial charge >= 0.3 is 6.03 Å². The minimum atomic E-state index is 0.193. The summed E-state index contributed by atoms with van der Waals surface area (Å²) in [5.74, 6) is 0.499. The largest absolute Gasteiger partial charge is 0.375 e. The Bertz CT molecular complexity index is 530. The van der Waals surface area contributed by atoms with Crippen molar-refractivity contribution < 1.29 is 9.53 Å². The van der Waals surface area contributed by atoms with Crippen molar-refractivity contribution in [2.75, 3.05) is 39.3 Å². The molecule has 118 valence electrons. The Morgan fingerprint density at radius 1 is 1.14 bits per heavy atom. The van der Waals surface area contributed by atoms with Crippen LogP contribution in [0.1, 0.15) is 17.9 Å². The monoisotopic (exact) mass is 301 g/mol. The molecule has 0 aromatic heterocycles. The van der Waals surface area contributed by atoms with Crippen LogP contribution in [0.2, 0.25) is 0 Å². The summed E-state index contributed by atoms with van der Waals surface area (Å²) in [5, 5.41) is 3.48. The lowest BCUT2D eigenvalue weighted by molar-refractivity contribution is -0.0392. The van der Waals surface area contributed by atoms with E-state index in [1.54, 1.807) is 0 Å². The number of likely N-dealkylation sites (tertiary alicyclic amines) is 2. The number of hydrogen-bond donors (Lipinski definition) is 1. The minimum absolute atomic E-state index is 0.193. The highest BCUT2D eigenvalue weighted by molar-refractivity contribution is 5.76. The Hall–Kier alpha value is -1.59. The van der Waals surface area contributed by atoms with Crippen LogP contribution in [0, 0.1) is 0 Å². The molecule has 1 aromatic carbocycles. The number of ether oxygens (including phenoxy) is 1. The fourth-order valence-electron chi connectivity index (χ4n) is 3.73. The summed E-state index contributed by atoms with van der Waals surface area (Å²) in [6.45, 7) is 4.96. The highest BCUT2D eigenvalue weighted by Gasteiger charge is 2.38. The second kappa shape index (κ2) is 5.89. The molecule has 0 aliphatic carbocycles. The van der Waals surface area contributed by atoms with E-state index < -0.39 is 0 Å². The molecule has 0 spiro atoms. The van der Waals surface area contributed by atoms with Gasteiger partial charge in [-0.05, 0) is 12.0 Å². The molecule has 1 N–H and O–H groups in total. The van der Waals surface area contributed by atoms with Gasteiger partial charge in [-0.1, -0.05) is 30.3 Å². The van der Waals surface area contributed by atoms with Crippen molar-refractivity contribution >= 4 is 6.03 Å². The maximum atomic E-state index is 12.6. The SMILES string of the molecule is O=C(N1CC(c2ccccc2)C1)N1CC[C@@H]2OCCN[C@@H]2C1. The zero-order chi connectivity index (χ0) is 14.9. The van der Waals surface area contributed by atoms with E-state index in [0.717, 1.165) is 45.8 Å². The van der Waals surface area contributed by atoms with Gasteiger partial charge in [0.15, 0.2) is 0 Å². The molecule has 0 saturated carbocycles. The maximum absolute atomic E-state index is 12.6. The molecule has 2 amide bonds. The summed E-state index contributed by atoms with van der Waals surface area (Å²) in [4.78, 5) is 16.6. The summed E-state index contributed by atoms with van der Waals surface area (Å²) in [7, 11) is 0. The third kappa shape index (κ3) is 2.59. The number of nitrogens with one attached hydrogen (secondary N) is 1. The van der Waals surface area contributed by atoms with Crippen LogP contribution in [0.5, 0.6) is 0 Å². The topological polar surface area (TPSA) is 44.8 Å². The van der Waals surface area contributed by atoms with E-state index in [2.05, 4.69) is 29.6 Å². The smallest absolute Gasteiger partial charge is 0.320 e. The molecule has 0 bridgehead atoms. The average molecular weight is 301 g/mol. The molecule has 0 radical (unpaired) electrons. The summed E-state index contributed by atoms with van der Waals surface area (Å²) >= 11 is 0. The van der Waals surface area contributed by atoms with Crippen LogP contribution in [0.4, 0.5) is 4.79 Å². The van der Waals surface area contributed by atoms with Gasteiger partial charge in [0.05, 0.1) is 18.8 Å². The van der Waals surface area contributed by atoms with E-state index in [1.807, 2.05) is 15.9 Å². The number of piperidine rings is 1. The Kier molecular flexibility index (Phi) is 3.76. The van der Waals surface area contributed by atoms with E-state index in [9.17, 15) is 4.79 Å². The number of amides is 2. The van der Waals surface area contributed by atoms with E-state index in [1.165, 1.54) is 5.56 Å². The van der Waals surface area contributed by atoms with Gasteiger partial charge in [0.25, 0.3) is 0 Å². The molecule has 3 aliphatic rings. The summed E-state index contributed by atoms with van der Waals surface area (Å²) < 4.78 is 5.77. The number of hydrogen-bond acceptors (Lipinski definition) is 3. The van der Waals surface area contributed by atoms with Crippen molar-refractivity contribution in [3.63, 3.8) is 0 Å². The number of benzene rings is 1. The predicted molar refractivity (Wildman–Crippen MR) is 83.9 cm³/mol. The Morgan fingerprint density at radius 2 is 1.95 bits per heavy atom. The molecule has 2 atom stereocenters. The lowest BCUT2D eigenvalue weighted by Gasteiger charge is -2.46. The first-order chi connectivity index (χ1) is 10.8. The number of carbonyl (C=O) groups is 1. The highest BCUT2D eigenvalue weighted by atomic mass is 16.5. The Balaban J connectivity index is 1.32.